The zero-order valence-electron chi connectivity index (χ0n) is 9.88. The molecule has 2 nitrogen and oxygen atoms in total. The van der Waals surface area contributed by atoms with Crippen LogP contribution in [0.15, 0.2) is 47.8 Å². The fraction of sp³-hybridized carbons (Fsp3) is 0.286. The first-order chi connectivity index (χ1) is 8.38. The predicted molar refractivity (Wildman–Crippen MR) is 73.9 cm³/mol. The largest absolute Gasteiger partial charge is 0.329 e. The number of hydrogen-bond donors (Lipinski definition) is 1. The van der Waals surface area contributed by atoms with Crippen LogP contribution in [-0.2, 0) is 13.1 Å². The monoisotopic (exact) mass is 246 g/mol. The van der Waals surface area contributed by atoms with Crippen LogP contribution >= 0.6 is 11.3 Å². The Labute approximate surface area is 107 Å². The molecular weight excluding hydrogens is 228 g/mol. The zero-order chi connectivity index (χ0) is 11.9. The summed E-state index contributed by atoms with van der Waals surface area (Å²) in [5.74, 6) is 0. The summed E-state index contributed by atoms with van der Waals surface area (Å²) in [7, 11) is 0. The summed E-state index contributed by atoms with van der Waals surface area (Å²) in [6.45, 7) is 3.60. The van der Waals surface area contributed by atoms with E-state index in [0.717, 1.165) is 19.6 Å². The maximum atomic E-state index is 5.67. The van der Waals surface area contributed by atoms with Gasteiger partial charge in [-0.3, -0.25) is 4.90 Å². The summed E-state index contributed by atoms with van der Waals surface area (Å²) < 4.78 is 0. The molecule has 0 radical (unpaired) electrons. The van der Waals surface area contributed by atoms with Crippen LogP contribution in [0.25, 0.3) is 0 Å². The van der Waals surface area contributed by atoms with Crippen LogP contribution in [0.4, 0.5) is 0 Å². The number of hydrogen-bond acceptors (Lipinski definition) is 3. The lowest BCUT2D eigenvalue weighted by Gasteiger charge is -2.20. The zero-order valence-corrected chi connectivity index (χ0v) is 10.7. The van der Waals surface area contributed by atoms with Crippen molar-refractivity contribution in [3.8, 4) is 0 Å². The van der Waals surface area contributed by atoms with E-state index in [1.165, 1.54) is 10.4 Å². The lowest BCUT2D eigenvalue weighted by molar-refractivity contribution is 0.267. The minimum absolute atomic E-state index is 0.707. The molecule has 0 spiro atoms. The van der Waals surface area contributed by atoms with Gasteiger partial charge in [0.2, 0.25) is 0 Å². The summed E-state index contributed by atoms with van der Waals surface area (Å²) in [5.41, 5.74) is 7.02. The molecule has 2 aromatic rings. The molecule has 0 fully saturated rings. The molecule has 1 aromatic heterocycles. The van der Waals surface area contributed by atoms with Gasteiger partial charge in [0.05, 0.1) is 0 Å². The normalized spacial score (nSPS) is 10.9. The summed E-state index contributed by atoms with van der Waals surface area (Å²) in [6.07, 6.45) is 0. The van der Waals surface area contributed by atoms with E-state index in [9.17, 15) is 0 Å². The highest BCUT2D eigenvalue weighted by molar-refractivity contribution is 7.09. The molecule has 0 aliphatic carbocycles. The lowest BCUT2D eigenvalue weighted by Crippen LogP contribution is -2.28. The van der Waals surface area contributed by atoms with E-state index in [0.29, 0.717) is 6.54 Å². The second kappa shape index (κ2) is 6.55. The van der Waals surface area contributed by atoms with Gasteiger partial charge in [0.1, 0.15) is 0 Å². The first-order valence-corrected chi connectivity index (χ1v) is 6.75. The standard InChI is InChI=1S/C14H18N2S/c15-8-9-16(12-14-7-4-10-17-14)11-13-5-2-1-3-6-13/h1-7,10H,8-9,11-12,15H2. The van der Waals surface area contributed by atoms with E-state index >= 15 is 0 Å². The fourth-order valence-electron chi connectivity index (χ4n) is 1.86. The number of nitrogens with two attached hydrogens (primary N) is 1. The minimum Gasteiger partial charge on any atom is -0.329 e. The topological polar surface area (TPSA) is 29.3 Å². The van der Waals surface area contributed by atoms with Crippen molar-refractivity contribution in [1.29, 1.82) is 0 Å². The van der Waals surface area contributed by atoms with Gasteiger partial charge in [-0.15, -0.1) is 11.3 Å². The molecule has 0 saturated heterocycles. The Morgan fingerprint density at radius 1 is 1.00 bits per heavy atom. The molecule has 1 aromatic carbocycles. The fourth-order valence-corrected chi connectivity index (χ4v) is 2.61. The third-order valence-corrected chi connectivity index (χ3v) is 3.52. The Kier molecular flexibility index (Phi) is 4.74. The van der Waals surface area contributed by atoms with E-state index in [1.54, 1.807) is 11.3 Å². The Hall–Kier alpha value is -1.16. The molecule has 0 bridgehead atoms. The van der Waals surface area contributed by atoms with E-state index in [2.05, 4.69) is 52.7 Å². The molecule has 0 saturated carbocycles. The molecule has 3 heteroatoms. The highest BCUT2D eigenvalue weighted by Gasteiger charge is 2.06. The maximum Gasteiger partial charge on any atom is 0.0331 e. The molecule has 2 N–H and O–H groups in total. The van der Waals surface area contributed by atoms with Crippen molar-refractivity contribution in [3.05, 3.63) is 58.3 Å². The van der Waals surface area contributed by atoms with Crippen molar-refractivity contribution in [3.63, 3.8) is 0 Å². The average Bonchev–Trinajstić information content (AvgIpc) is 2.83. The van der Waals surface area contributed by atoms with Gasteiger partial charge < -0.3 is 5.73 Å². The van der Waals surface area contributed by atoms with Crippen LogP contribution in [0.2, 0.25) is 0 Å². The van der Waals surface area contributed by atoms with E-state index in [-0.39, 0.29) is 0 Å². The molecule has 17 heavy (non-hydrogen) atoms. The van der Waals surface area contributed by atoms with Crippen LogP contribution in [0, 0.1) is 0 Å². The lowest BCUT2D eigenvalue weighted by atomic mass is 10.2. The number of nitrogens with zero attached hydrogens (tertiary/aromatic N) is 1. The summed E-state index contributed by atoms with van der Waals surface area (Å²) in [6, 6.07) is 14.8. The third kappa shape index (κ3) is 3.97. The van der Waals surface area contributed by atoms with Gasteiger partial charge in [-0.2, -0.15) is 0 Å². The Balaban J connectivity index is 1.97. The first kappa shape index (κ1) is 12.3. The van der Waals surface area contributed by atoms with E-state index in [4.69, 9.17) is 5.73 Å². The van der Waals surface area contributed by atoms with Gasteiger partial charge in [-0.25, -0.2) is 0 Å². The van der Waals surface area contributed by atoms with Gasteiger partial charge in [-0.05, 0) is 17.0 Å². The van der Waals surface area contributed by atoms with Crippen LogP contribution in [0.5, 0.6) is 0 Å². The summed E-state index contributed by atoms with van der Waals surface area (Å²) in [4.78, 5) is 3.79. The van der Waals surface area contributed by atoms with Crippen molar-refractivity contribution in [2.75, 3.05) is 13.1 Å². The highest BCUT2D eigenvalue weighted by Crippen LogP contribution is 2.13. The number of benzene rings is 1. The van der Waals surface area contributed by atoms with Crippen LogP contribution < -0.4 is 5.73 Å². The van der Waals surface area contributed by atoms with Gasteiger partial charge >= 0.3 is 0 Å². The Morgan fingerprint density at radius 3 is 2.47 bits per heavy atom. The second-order valence-electron chi connectivity index (χ2n) is 4.06. The molecule has 90 valence electrons. The third-order valence-electron chi connectivity index (χ3n) is 2.65. The molecule has 0 amide bonds. The Bertz CT molecular complexity index is 411. The minimum atomic E-state index is 0.707. The molecule has 1 heterocycles. The summed E-state index contributed by atoms with van der Waals surface area (Å²) in [5, 5.41) is 2.12. The maximum absolute atomic E-state index is 5.67. The first-order valence-electron chi connectivity index (χ1n) is 5.87. The van der Waals surface area contributed by atoms with Crippen LogP contribution in [-0.4, -0.2) is 18.0 Å². The van der Waals surface area contributed by atoms with Gasteiger partial charge in [0.25, 0.3) is 0 Å². The van der Waals surface area contributed by atoms with Gasteiger partial charge in [0, 0.05) is 31.1 Å². The van der Waals surface area contributed by atoms with Crippen molar-refractivity contribution in [2.24, 2.45) is 5.73 Å². The highest BCUT2D eigenvalue weighted by atomic mass is 32.1. The molecule has 0 aliphatic rings. The number of rotatable bonds is 6. The second-order valence-corrected chi connectivity index (χ2v) is 5.10. The van der Waals surface area contributed by atoms with E-state index < -0.39 is 0 Å². The molecular formula is C14H18N2S. The van der Waals surface area contributed by atoms with Crippen molar-refractivity contribution < 1.29 is 0 Å². The molecule has 0 atom stereocenters. The van der Waals surface area contributed by atoms with Gasteiger partial charge in [0.15, 0.2) is 0 Å². The van der Waals surface area contributed by atoms with Crippen LogP contribution in [0.3, 0.4) is 0 Å². The van der Waals surface area contributed by atoms with Gasteiger partial charge in [-0.1, -0.05) is 36.4 Å². The van der Waals surface area contributed by atoms with Crippen molar-refractivity contribution >= 4 is 11.3 Å². The average molecular weight is 246 g/mol. The predicted octanol–water partition coefficient (Wildman–Crippen LogP) is 2.71. The van der Waals surface area contributed by atoms with Crippen LogP contribution in [0.1, 0.15) is 10.4 Å². The van der Waals surface area contributed by atoms with Crippen molar-refractivity contribution in [1.82, 2.24) is 4.90 Å². The number of thiophene rings is 1. The molecule has 2 rings (SSSR count). The SMILES string of the molecule is NCCN(Cc1ccccc1)Cc1cccs1. The van der Waals surface area contributed by atoms with E-state index in [1.807, 2.05) is 0 Å². The molecule has 0 aliphatic heterocycles. The quantitative estimate of drug-likeness (QED) is 0.849. The smallest absolute Gasteiger partial charge is 0.0331 e. The van der Waals surface area contributed by atoms with Crippen molar-refractivity contribution in [2.45, 2.75) is 13.1 Å². The molecule has 0 unspecified atom stereocenters. The Morgan fingerprint density at radius 2 is 1.82 bits per heavy atom. The summed E-state index contributed by atoms with van der Waals surface area (Å²) >= 11 is 1.81.